The Kier molecular flexibility index (Phi) is 3.92. The lowest BCUT2D eigenvalue weighted by Crippen LogP contribution is -2.00. The Morgan fingerprint density at radius 3 is 2.87 bits per heavy atom. The third-order valence-electron chi connectivity index (χ3n) is 1.98. The fourth-order valence-electron chi connectivity index (χ4n) is 1.18. The number of phenols is 1. The van der Waals surface area contributed by atoms with E-state index in [1.54, 1.807) is 12.1 Å². The molecule has 0 aromatic heterocycles. The predicted molar refractivity (Wildman–Crippen MR) is 58.8 cm³/mol. The van der Waals surface area contributed by atoms with E-state index in [1.807, 2.05) is 13.0 Å². The summed E-state index contributed by atoms with van der Waals surface area (Å²) >= 11 is 0. The van der Waals surface area contributed by atoms with Gasteiger partial charge in [-0.15, -0.1) is 0 Å². The van der Waals surface area contributed by atoms with Crippen LogP contribution < -0.4 is 0 Å². The van der Waals surface area contributed by atoms with Gasteiger partial charge in [-0.05, 0) is 24.6 Å². The van der Waals surface area contributed by atoms with E-state index in [-0.39, 0.29) is 5.75 Å². The van der Waals surface area contributed by atoms with Crippen molar-refractivity contribution in [2.75, 3.05) is 7.11 Å². The smallest absolute Gasteiger partial charge is 0.337 e. The second-order valence-corrected chi connectivity index (χ2v) is 3.08. The molecule has 0 aliphatic heterocycles. The number of methoxy groups -OCH3 is 1. The number of aromatic hydroxyl groups is 1. The maximum absolute atomic E-state index is 11.2. The SMILES string of the molecule is CCC=Cc1cc(C(=O)OC)ccc1O. The zero-order chi connectivity index (χ0) is 11.3. The van der Waals surface area contributed by atoms with Crippen molar-refractivity contribution in [3.05, 3.63) is 35.4 Å². The van der Waals surface area contributed by atoms with Crippen LogP contribution in [0.2, 0.25) is 0 Å². The highest BCUT2D eigenvalue weighted by atomic mass is 16.5. The quantitative estimate of drug-likeness (QED) is 0.773. The molecule has 0 spiro atoms. The molecule has 1 N–H and O–H groups in total. The van der Waals surface area contributed by atoms with Crippen molar-refractivity contribution in [3.8, 4) is 5.75 Å². The van der Waals surface area contributed by atoms with E-state index >= 15 is 0 Å². The lowest BCUT2D eigenvalue weighted by atomic mass is 10.1. The topological polar surface area (TPSA) is 46.5 Å². The van der Waals surface area contributed by atoms with Gasteiger partial charge in [0.15, 0.2) is 0 Å². The van der Waals surface area contributed by atoms with Crippen LogP contribution in [0.3, 0.4) is 0 Å². The Bertz CT molecular complexity index is 380. The Morgan fingerprint density at radius 1 is 1.53 bits per heavy atom. The molecule has 0 unspecified atom stereocenters. The predicted octanol–water partition coefficient (Wildman–Crippen LogP) is 2.60. The fraction of sp³-hybridized carbons (Fsp3) is 0.250. The second-order valence-electron chi connectivity index (χ2n) is 3.08. The highest BCUT2D eigenvalue weighted by Crippen LogP contribution is 2.20. The average Bonchev–Trinajstić information content (AvgIpc) is 2.27. The van der Waals surface area contributed by atoms with Crippen LogP contribution in [0.5, 0.6) is 5.75 Å². The number of allylic oxidation sites excluding steroid dienone is 1. The molecule has 0 bridgehead atoms. The van der Waals surface area contributed by atoms with E-state index in [2.05, 4.69) is 4.74 Å². The first kappa shape index (κ1) is 11.3. The molecule has 0 amide bonds. The Balaban J connectivity index is 3.05. The number of ether oxygens (including phenoxy) is 1. The van der Waals surface area contributed by atoms with E-state index in [0.717, 1.165) is 6.42 Å². The largest absolute Gasteiger partial charge is 0.507 e. The summed E-state index contributed by atoms with van der Waals surface area (Å²) in [6, 6.07) is 4.62. The van der Waals surface area contributed by atoms with Gasteiger partial charge in [-0.3, -0.25) is 0 Å². The van der Waals surface area contributed by atoms with Gasteiger partial charge in [0.1, 0.15) is 5.75 Å². The maximum atomic E-state index is 11.2. The van der Waals surface area contributed by atoms with Crippen LogP contribution in [0.1, 0.15) is 29.3 Å². The summed E-state index contributed by atoms with van der Waals surface area (Å²) in [4.78, 5) is 11.2. The van der Waals surface area contributed by atoms with E-state index in [1.165, 1.54) is 19.2 Å². The standard InChI is InChI=1S/C12H14O3/c1-3-4-5-9-8-10(12(14)15-2)6-7-11(9)13/h4-8,13H,3H2,1-2H3. The molecule has 0 fully saturated rings. The van der Waals surface area contributed by atoms with E-state index < -0.39 is 5.97 Å². The molecule has 1 aromatic carbocycles. The minimum atomic E-state index is -0.402. The first-order valence-corrected chi connectivity index (χ1v) is 4.77. The molecular formula is C12H14O3. The molecule has 1 rings (SSSR count). The molecule has 3 heteroatoms. The summed E-state index contributed by atoms with van der Waals surface area (Å²) in [5.41, 5.74) is 1.06. The first-order valence-electron chi connectivity index (χ1n) is 4.77. The van der Waals surface area contributed by atoms with Gasteiger partial charge in [-0.2, -0.15) is 0 Å². The van der Waals surface area contributed by atoms with Gasteiger partial charge in [0.2, 0.25) is 0 Å². The van der Waals surface area contributed by atoms with Crippen LogP contribution in [0, 0.1) is 0 Å². The van der Waals surface area contributed by atoms with Gasteiger partial charge < -0.3 is 9.84 Å². The number of esters is 1. The van der Waals surface area contributed by atoms with Gasteiger partial charge in [-0.25, -0.2) is 4.79 Å². The van der Waals surface area contributed by atoms with Crippen LogP contribution in [-0.4, -0.2) is 18.2 Å². The zero-order valence-corrected chi connectivity index (χ0v) is 8.86. The van der Waals surface area contributed by atoms with Crippen LogP contribution in [0.4, 0.5) is 0 Å². The van der Waals surface area contributed by atoms with Crippen molar-refractivity contribution < 1.29 is 14.6 Å². The summed E-state index contributed by atoms with van der Waals surface area (Å²) < 4.78 is 4.59. The van der Waals surface area contributed by atoms with E-state index in [0.29, 0.717) is 11.1 Å². The van der Waals surface area contributed by atoms with Gasteiger partial charge in [0.25, 0.3) is 0 Å². The van der Waals surface area contributed by atoms with Crippen molar-refractivity contribution in [1.29, 1.82) is 0 Å². The number of phenolic OH excluding ortho intramolecular Hbond substituents is 1. The highest BCUT2D eigenvalue weighted by molar-refractivity contribution is 5.90. The maximum Gasteiger partial charge on any atom is 0.337 e. The van der Waals surface area contributed by atoms with E-state index in [9.17, 15) is 9.90 Å². The molecule has 0 aliphatic rings. The Labute approximate surface area is 89.0 Å². The third kappa shape index (κ3) is 2.84. The summed E-state index contributed by atoms with van der Waals surface area (Å²) in [5, 5.41) is 9.51. The first-order chi connectivity index (χ1) is 7.19. The van der Waals surface area contributed by atoms with Crippen LogP contribution in [-0.2, 0) is 4.74 Å². The Hall–Kier alpha value is -1.77. The number of hydrogen-bond donors (Lipinski definition) is 1. The van der Waals surface area contributed by atoms with Gasteiger partial charge in [0, 0.05) is 5.56 Å². The summed E-state index contributed by atoms with van der Waals surface area (Å²) in [6.45, 7) is 2.00. The van der Waals surface area contributed by atoms with Crippen LogP contribution >= 0.6 is 0 Å². The molecular weight excluding hydrogens is 192 g/mol. The number of carbonyl (C=O) groups is 1. The van der Waals surface area contributed by atoms with Crippen LogP contribution in [0.15, 0.2) is 24.3 Å². The molecule has 0 heterocycles. The molecule has 15 heavy (non-hydrogen) atoms. The zero-order valence-electron chi connectivity index (χ0n) is 8.86. The molecule has 1 aromatic rings. The third-order valence-corrected chi connectivity index (χ3v) is 1.98. The number of hydrogen-bond acceptors (Lipinski definition) is 3. The van der Waals surface area contributed by atoms with Crippen molar-refractivity contribution in [1.82, 2.24) is 0 Å². The number of benzene rings is 1. The van der Waals surface area contributed by atoms with E-state index in [4.69, 9.17) is 0 Å². The van der Waals surface area contributed by atoms with Gasteiger partial charge in [-0.1, -0.05) is 19.1 Å². The summed E-state index contributed by atoms with van der Waals surface area (Å²) in [6.07, 6.45) is 4.57. The van der Waals surface area contributed by atoms with Crippen molar-refractivity contribution in [3.63, 3.8) is 0 Å². The lowest BCUT2D eigenvalue weighted by molar-refractivity contribution is 0.0600. The molecule has 3 nitrogen and oxygen atoms in total. The normalized spacial score (nSPS) is 10.5. The summed E-state index contributed by atoms with van der Waals surface area (Å²) in [5.74, 6) is -0.242. The van der Waals surface area contributed by atoms with Crippen molar-refractivity contribution in [2.45, 2.75) is 13.3 Å². The monoisotopic (exact) mass is 206 g/mol. The van der Waals surface area contributed by atoms with Gasteiger partial charge >= 0.3 is 5.97 Å². The van der Waals surface area contributed by atoms with Crippen molar-refractivity contribution in [2.24, 2.45) is 0 Å². The molecule has 0 radical (unpaired) electrons. The minimum Gasteiger partial charge on any atom is -0.507 e. The number of rotatable bonds is 3. The molecule has 0 atom stereocenters. The second kappa shape index (κ2) is 5.20. The number of carbonyl (C=O) groups excluding carboxylic acids is 1. The Morgan fingerprint density at radius 2 is 2.27 bits per heavy atom. The lowest BCUT2D eigenvalue weighted by Gasteiger charge is -2.02. The highest BCUT2D eigenvalue weighted by Gasteiger charge is 2.07. The molecule has 0 saturated carbocycles. The molecule has 0 aliphatic carbocycles. The van der Waals surface area contributed by atoms with Gasteiger partial charge in [0.05, 0.1) is 12.7 Å². The fourth-order valence-corrected chi connectivity index (χ4v) is 1.18. The summed E-state index contributed by atoms with van der Waals surface area (Å²) in [7, 11) is 1.33. The van der Waals surface area contributed by atoms with Crippen LogP contribution in [0.25, 0.3) is 6.08 Å². The average molecular weight is 206 g/mol. The van der Waals surface area contributed by atoms with Crippen molar-refractivity contribution >= 4 is 12.0 Å². The molecule has 80 valence electrons. The molecule has 0 saturated heterocycles. The minimum absolute atomic E-state index is 0.160.